The zero-order valence-electron chi connectivity index (χ0n) is 20.1. The van der Waals surface area contributed by atoms with Gasteiger partial charge >= 0.3 is 6.09 Å². The number of amides is 3. The highest BCUT2D eigenvalue weighted by molar-refractivity contribution is 6.38. The molecule has 3 N–H and O–H groups in total. The first-order chi connectivity index (χ1) is 16.5. The first kappa shape index (κ1) is 27.3. The predicted octanol–water partition coefficient (Wildman–Crippen LogP) is 4.03. The summed E-state index contributed by atoms with van der Waals surface area (Å²) < 4.78 is 0. The number of carbonyl (C=O) groups is 4. The van der Waals surface area contributed by atoms with Crippen LogP contribution in [0.1, 0.15) is 82.6 Å². The Morgan fingerprint density at radius 1 is 0.824 bits per heavy atom. The van der Waals surface area contributed by atoms with E-state index in [2.05, 4.69) is 10.6 Å². The molecule has 1 heterocycles. The predicted molar refractivity (Wildman–Crippen MR) is 130 cm³/mol. The van der Waals surface area contributed by atoms with Gasteiger partial charge in [-0.1, -0.05) is 81.7 Å². The third-order valence-corrected chi connectivity index (χ3v) is 6.22. The minimum atomic E-state index is -0.957. The molecule has 1 aliphatic heterocycles. The number of likely N-dealkylation sites (tertiary alicyclic amines) is 1. The zero-order valence-corrected chi connectivity index (χ0v) is 20.1. The van der Waals surface area contributed by atoms with Gasteiger partial charge < -0.3 is 20.6 Å². The standard InChI is InChI=1S/C26H39N3O5/c30-23-17-16-22(29(23)20-21-14-10-9-11-15-21)24(31)25(32)27-18-12-7-5-3-1-2-4-6-8-13-19-28-26(33)34/h9-11,14-15,22,28H,1-8,12-13,16-20H2,(H,27,32)(H,33,34). The van der Waals surface area contributed by atoms with Crippen LogP contribution in [0.2, 0.25) is 0 Å². The van der Waals surface area contributed by atoms with Crippen LogP contribution >= 0.6 is 0 Å². The molecule has 0 aromatic heterocycles. The van der Waals surface area contributed by atoms with E-state index in [1.165, 1.54) is 24.2 Å². The van der Waals surface area contributed by atoms with Crippen molar-refractivity contribution >= 4 is 23.7 Å². The van der Waals surface area contributed by atoms with Crippen molar-refractivity contribution in [2.24, 2.45) is 0 Å². The van der Waals surface area contributed by atoms with Gasteiger partial charge in [-0.2, -0.15) is 0 Å². The van der Waals surface area contributed by atoms with Crippen LogP contribution < -0.4 is 10.6 Å². The van der Waals surface area contributed by atoms with Crippen molar-refractivity contribution < 1.29 is 24.3 Å². The average molecular weight is 474 g/mol. The number of unbranched alkanes of at least 4 members (excludes halogenated alkanes) is 9. The molecule has 1 unspecified atom stereocenters. The molecule has 1 fully saturated rings. The molecule has 0 radical (unpaired) electrons. The highest BCUT2D eigenvalue weighted by Gasteiger charge is 2.38. The average Bonchev–Trinajstić information content (AvgIpc) is 3.19. The quantitative estimate of drug-likeness (QED) is 0.233. The van der Waals surface area contributed by atoms with E-state index in [-0.39, 0.29) is 5.91 Å². The molecule has 8 nitrogen and oxygen atoms in total. The largest absolute Gasteiger partial charge is 0.465 e. The molecule has 1 aromatic carbocycles. The van der Waals surface area contributed by atoms with Gasteiger partial charge in [0.05, 0.1) is 0 Å². The molecule has 1 aromatic rings. The van der Waals surface area contributed by atoms with Gasteiger partial charge in [-0.3, -0.25) is 14.4 Å². The topological polar surface area (TPSA) is 116 Å². The minimum absolute atomic E-state index is 0.0785. The van der Waals surface area contributed by atoms with Gasteiger partial charge in [0.25, 0.3) is 5.91 Å². The summed E-state index contributed by atoms with van der Waals surface area (Å²) in [5.74, 6) is -1.18. The fourth-order valence-corrected chi connectivity index (χ4v) is 4.28. The number of hydrogen-bond acceptors (Lipinski definition) is 4. The van der Waals surface area contributed by atoms with Crippen LogP contribution in [0.3, 0.4) is 0 Å². The van der Waals surface area contributed by atoms with Crippen molar-refractivity contribution in [1.29, 1.82) is 0 Å². The fourth-order valence-electron chi connectivity index (χ4n) is 4.28. The van der Waals surface area contributed by atoms with Gasteiger partial charge in [0, 0.05) is 26.1 Å². The maximum absolute atomic E-state index is 12.6. The van der Waals surface area contributed by atoms with Crippen LogP contribution in [0.5, 0.6) is 0 Å². The number of nitrogens with zero attached hydrogens (tertiary/aromatic N) is 1. The van der Waals surface area contributed by atoms with E-state index < -0.39 is 23.8 Å². The summed E-state index contributed by atoms with van der Waals surface area (Å²) in [5.41, 5.74) is 0.948. The summed E-state index contributed by atoms with van der Waals surface area (Å²) >= 11 is 0. The summed E-state index contributed by atoms with van der Waals surface area (Å²) in [6.45, 7) is 1.36. The van der Waals surface area contributed by atoms with Gasteiger partial charge in [-0.25, -0.2) is 4.79 Å². The van der Waals surface area contributed by atoms with Crippen molar-refractivity contribution in [2.45, 2.75) is 89.6 Å². The first-order valence-corrected chi connectivity index (χ1v) is 12.6. The van der Waals surface area contributed by atoms with Crippen molar-refractivity contribution in [3.8, 4) is 0 Å². The fraction of sp³-hybridized carbons (Fsp3) is 0.615. The van der Waals surface area contributed by atoms with E-state index in [0.29, 0.717) is 32.5 Å². The Hall–Kier alpha value is -2.90. The van der Waals surface area contributed by atoms with Gasteiger partial charge in [-0.15, -0.1) is 0 Å². The monoisotopic (exact) mass is 473 g/mol. The second-order valence-electron chi connectivity index (χ2n) is 8.95. The number of ketones is 1. The normalized spacial score (nSPS) is 15.4. The molecule has 1 saturated heterocycles. The van der Waals surface area contributed by atoms with Crippen LogP contribution in [-0.4, -0.2) is 52.8 Å². The van der Waals surface area contributed by atoms with E-state index >= 15 is 0 Å². The van der Waals surface area contributed by atoms with Crippen molar-refractivity contribution in [1.82, 2.24) is 15.5 Å². The van der Waals surface area contributed by atoms with E-state index in [9.17, 15) is 19.2 Å². The number of rotatable bonds is 17. The maximum atomic E-state index is 12.6. The molecule has 2 rings (SSSR count). The lowest BCUT2D eigenvalue weighted by Crippen LogP contribution is -2.45. The number of nitrogens with one attached hydrogen (secondary N) is 2. The molecule has 3 amide bonds. The Morgan fingerprint density at radius 2 is 1.35 bits per heavy atom. The lowest BCUT2D eigenvalue weighted by molar-refractivity contribution is -0.143. The SMILES string of the molecule is O=C(O)NCCCCCCCCCCCCNC(=O)C(=O)C1CCC(=O)N1Cc1ccccc1. The zero-order chi connectivity index (χ0) is 24.6. The summed E-state index contributed by atoms with van der Waals surface area (Å²) in [7, 11) is 0. The molecular weight excluding hydrogens is 434 g/mol. The van der Waals surface area contributed by atoms with Gasteiger partial charge in [0.15, 0.2) is 0 Å². The van der Waals surface area contributed by atoms with Gasteiger partial charge in [-0.05, 0) is 24.8 Å². The number of carbonyl (C=O) groups excluding carboxylic acids is 3. The Labute approximate surface area is 202 Å². The molecule has 0 spiro atoms. The molecule has 0 aliphatic carbocycles. The highest BCUT2D eigenvalue weighted by atomic mass is 16.4. The summed E-state index contributed by atoms with van der Waals surface area (Å²) in [6.07, 6.45) is 10.5. The first-order valence-electron chi connectivity index (χ1n) is 12.6. The Morgan fingerprint density at radius 3 is 1.91 bits per heavy atom. The molecule has 0 bridgehead atoms. The maximum Gasteiger partial charge on any atom is 0.404 e. The van der Waals surface area contributed by atoms with Gasteiger partial charge in [0.2, 0.25) is 11.7 Å². The van der Waals surface area contributed by atoms with E-state index in [4.69, 9.17) is 5.11 Å². The summed E-state index contributed by atoms with van der Waals surface area (Å²) in [5, 5.41) is 13.6. The number of benzene rings is 1. The van der Waals surface area contributed by atoms with Crippen LogP contribution in [-0.2, 0) is 20.9 Å². The molecule has 0 saturated carbocycles. The molecule has 8 heteroatoms. The Kier molecular flexibility index (Phi) is 12.7. The van der Waals surface area contributed by atoms with E-state index in [0.717, 1.165) is 50.5 Å². The minimum Gasteiger partial charge on any atom is -0.465 e. The lowest BCUT2D eigenvalue weighted by Gasteiger charge is -2.23. The van der Waals surface area contributed by atoms with E-state index in [1.807, 2.05) is 30.3 Å². The molecule has 188 valence electrons. The third-order valence-electron chi connectivity index (χ3n) is 6.22. The molecule has 1 aliphatic rings. The van der Waals surface area contributed by atoms with E-state index in [1.54, 1.807) is 0 Å². The second kappa shape index (κ2) is 15.9. The Balaban J connectivity index is 1.50. The number of Topliss-reactive ketones (excluding diaryl/α,β-unsaturated/α-hetero) is 1. The van der Waals surface area contributed by atoms with Crippen molar-refractivity contribution in [3.05, 3.63) is 35.9 Å². The Bertz CT molecular complexity index is 784. The van der Waals surface area contributed by atoms with Crippen LogP contribution in [0.15, 0.2) is 30.3 Å². The lowest BCUT2D eigenvalue weighted by atomic mass is 10.1. The van der Waals surface area contributed by atoms with Crippen molar-refractivity contribution in [2.75, 3.05) is 13.1 Å². The van der Waals surface area contributed by atoms with Crippen LogP contribution in [0.25, 0.3) is 0 Å². The molecule has 34 heavy (non-hydrogen) atoms. The highest BCUT2D eigenvalue weighted by Crippen LogP contribution is 2.22. The third kappa shape index (κ3) is 10.4. The summed E-state index contributed by atoms with van der Waals surface area (Å²) in [4.78, 5) is 49.1. The van der Waals surface area contributed by atoms with Crippen LogP contribution in [0.4, 0.5) is 4.79 Å². The second-order valence-corrected chi connectivity index (χ2v) is 8.95. The van der Waals surface area contributed by atoms with Crippen LogP contribution in [0, 0.1) is 0 Å². The molecular formula is C26H39N3O5. The summed E-state index contributed by atoms with van der Waals surface area (Å²) in [6, 6.07) is 8.85. The number of hydrogen-bond donors (Lipinski definition) is 3. The number of carboxylic acid groups (broad SMARTS) is 1. The smallest absolute Gasteiger partial charge is 0.404 e. The van der Waals surface area contributed by atoms with Gasteiger partial charge in [0.1, 0.15) is 6.04 Å². The molecule has 1 atom stereocenters. The van der Waals surface area contributed by atoms with Crippen molar-refractivity contribution in [3.63, 3.8) is 0 Å².